The van der Waals surface area contributed by atoms with E-state index in [9.17, 15) is 14.4 Å². The number of rotatable bonds is 4. The van der Waals surface area contributed by atoms with Crippen molar-refractivity contribution in [1.82, 2.24) is 5.32 Å². The van der Waals surface area contributed by atoms with Crippen LogP contribution < -0.4 is 16.0 Å². The Hall–Kier alpha value is -3.19. The lowest BCUT2D eigenvalue weighted by Crippen LogP contribution is -2.53. The molecule has 0 aromatic heterocycles. The molecular formula is C25H29N3O4. The summed E-state index contributed by atoms with van der Waals surface area (Å²) < 4.78 is 5.57. The molecule has 0 unspecified atom stereocenters. The van der Waals surface area contributed by atoms with Crippen molar-refractivity contribution in [3.05, 3.63) is 65.2 Å². The molecule has 0 saturated heterocycles. The molecule has 2 amide bonds. The van der Waals surface area contributed by atoms with Crippen molar-refractivity contribution < 1.29 is 19.1 Å². The number of esters is 1. The molecule has 168 valence electrons. The molecule has 32 heavy (non-hydrogen) atoms. The summed E-state index contributed by atoms with van der Waals surface area (Å²) >= 11 is 0. The second-order valence-electron chi connectivity index (χ2n) is 9.38. The van der Waals surface area contributed by atoms with Crippen LogP contribution in [0, 0.1) is 0 Å². The van der Waals surface area contributed by atoms with Crippen LogP contribution in [0.2, 0.25) is 0 Å². The lowest BCUT2D eigenvalue weighted by molar-refractivity contribution is -0.159. The number of hydrogen-bond donors (Lipinski definition) is 2. The molecule has 7 heteroatoms. The van der Waals surface area contributed by atoms with Gasteiger partial charge in [-0.2, -0.15) is 0 Å². The molecule has 0 saturated carbocycles. The Morgan fingerprint density at radius 3 is 2.47 bits per heavy atom. The first-order chi connectivity index (χ1) is 15.2. The van der Waals surface area contributed by atoms with E-state index in [1.54, 1.807) is 45.0 Å². The number of nitrogens with two attached hydrogens (primary N) is 1. The van der Waals surface area contributed by atoms with E-state index >= 15 is 0 Å². The van der Waals surface area contributed by atoms with Crippen LogP contribution in [0.25, 0.3) is 0 Å². The first-order valence-electron chi connectivity index (χ1n) is 10.9. The highest BCUT2D eigenvalue weighted by atomic mass is 16.6. The zero-order valence-corrected chi connectivity index (χ0v) is 18.6. The monoisotopic (exact) mass is 435 g/mol. The maximum atomic E-state index is 13.5. The highest BCUT2D eigenvalue weighted by Gasteiger charge is 2.43. The normalized spacial score (nSPS) is 20.9. The molecule has 2 heterocycles. The minimum absolute atomic E-state index is 0.262. The SMILES string of the molecule is CC(C)(C)OC(=O)[C@@H](NC(=O)[C@@H]1Cc2cccc3c2N1C(=O)[C@@H](N)CC3)c1ccccc1. The molecule has 0 aliphatic carbocycles. The van der Waals surface area contributed by atoms with Crippen molar-refractivity contribution in [2.24, 2.45) is 5.73 Å². The van der Waals surface area contributed by atoms with E-state index in [1.165, 1.54) is 4.90 Å². The Kier molecular flexibility index (Phi) is 5.77. The van der Waals surface area contributed by atoms with Crippen LogP contribution >= 0.6 is 0 Å². The van der Waals surface area contributed by atoms with Gasteiger partial charge in [0.05, 0.1) is 11.7 Å². The first kappa shape index (κ1) is 22.0. The molecule has 0 radical (unpaired) electrons. The van der Waals surface area contributed by atoms with Gasteiger partial charge in [-0.15, -0.1) is 0 Å². The van der Waals surface area contributed by atoms with Gasteiger partial charge in [0, 0.05) is 6.42 Å². The van der Waals surface area contributed by atoms with Crippen LogP contribution in [0.15, 0.2) is 48.5 Å². The standard InChI is InChI=1S/C25H29N3O4/c1-25(2,3)32-24(31)20(15-8-5-4-6-9-15)27-22(29)19-14-17-11-7-10-16-12-13-18(26)23(30)28(19)21(16)17/h4-11,18-20H,12-14,26H2,1-3H3,(H,27,29)/t18-,19-,20-/m0/s1. The smallest absolute Gasteiger partial charge is 0.333 e. The number of hydrogen-bond acceptors (Lipinski definition) is 5. The van der Waals surface area contributed by atoms with Crippen LogP contribution in [0.4, 0.5) is 5.69 Å². The van der Waals surface area contributed by atoms with E-state index in [0.717, 1.165) is 16.8 Å². The van der Waals surface area contributed by atoms with Gasteiger partial charge in [0.2, 0.25) is 11.8 Å². The number of para-hydroxylation sites is 1. The number of amides is 2. The van der Waals surface area contributed by atoms with E-state index in [-0.39, 0.29) is 5.91 Å². The number of nitrogens with one attached hydrogen (secondary N) is 1. The molecule has 0 bridgehead atoms. The maximum Gasteiger partial charge on any atom is 0.333 e. The molecule has 4 rings (SSSR count). The van der Waals surface area contributed by atoms with Crippen molar-refractivity contribution >= 4 is 23.5 Å². The molecule has 2 aliphatic rings. The third-order valence-electron chi connectivity index (χ3n) is 5.81. The largest absolute Gasteiger partial charge is 0.458 e. The van der Waals surface area contributed by atoms with Crippen LogP contribution in [-0.2, 0) is 32.0 Å². The van der Waals surface area contributed by atoms with Gasteiger partial charge in [-0.3, -0.25) is 14.5 Å². The maximum absolute atomic E-state index is 13.5. The Labute approximate surface area is 187 Å². The fraction of sp³-hybridized carbons (Fsp3) is 0.400. The number of nitrogens with zero attached hydrogens (tertiary/aromatic N) is 1. The van der Waals surface area contributed by atoms with Gasteiger partial charge in [0.25, 0.3) is 0 Å². The van der Waals surface area contributed by atoms with Crippen LogP contribution in [-0.4, -0.2) is 35.5 Å². The quantitative estimate of drug-likeness (QED) is 0.718. The highest BCUT2D eigenvalue weighted by molar-refractivity contribution is 6.07. The van der Waals surface area contributed by atoms with E-state index in [1.807, 2.05) is 24.3 Å². The molecular weight excluding hydrogens is 406 g/mol. The Bertz CT molecular complexity index is 1040. The minimum atomic E-state index is -0.984. The average molecular weight is 436 g/mol. The van der Waals surface area contributed by atoms with Gasteiger partial charge in [-0.1, -0.05) is 48.5 Å². The summed E-state index contributed by atoms with van der Waals surface area (Å²) in [6.45, 7) is 5.34. The van der Waals surface area contributed by atoms with Crippen LogP contribution in [0.1, 0.15) is 49.9 Å². The van der Waals surface area contributed by atoms with Gasteiger partial charge in [0.15, 0.2) is 6.04 Å². The number of carbonyl (C=O) groups excluding carboxylic acids is 3. The van der Waals surface area contributed by atoms with E-state index < -0.39 is 35.6 Å². The molecule has 3 N–H and O–H groups in total. The zero-order valence-electron chi connectivity index (χ0n) is 18.6. The predicted molar refractivity (Wildman–Crippen MR) is 121 cm³/mol. The Morgan fingerprint density at radius 2 is 1.78 bits per heavy atom. The molecule has 0 spiro atoms. The molecule has 3 atom stereocenters. The Balaban J connectivity index is 1.64. The van der Waals surface area contributed by atoms with Gasteiger partial charge in [-0.05, 0) is 50.3 Å². The lowest BCUT2D eigenvalue weighted by Gasteiger charge is -2.29. The molecule has 0 fully saturated rings. The van der Waals surface area contributed by atoms with E-state index in [4.69, 9.17) is 10.5 Å². The third kappa shape index (κ3) is 4.25. The second-order valence-corrected chi connectivity index (χ2v) is 9.38. The average Bonchev–Trinajstić information content (AvgIpc) is 3.09. The van der Waals surface area contributed by atoms with E-state index in [2.05, 4.69) is 5.32 Å². The first-order valence-corrected chi connectivity index (χ1v) is 10.9. The highest BCUT2D eigenvalue weighted by Crippen LogP contribution is 2.39. The second kappa shape index (κ2) is 8.39. The fourth-order valence-corrected chi connectivity index (χ4v) is 4.39. The van der Waals surface area contributed by atoms with Crippen molar-refractivity contribution in [2.45, 2.75) is 63.8 Å². The molecule has 7 nitrogen and oxygen atoms in total. The van der Waals surface area contributed by atoms with Crippen molar-refractivity contribution in [3.8, 4) is 0 Å². The van der Waals surface area contributed by atoms with Crippen LogP contribution in [0.5, 0.6) is 0 Å². The number of carbonyl (C=O) groups is 3. The van der Waals surface area contributed by atoms with Crippen molar-refractivity contribution in [1.29, 1.82) is 0 Å². The number of anilines is 1. The zero-order chi connectivity index (χ0) is 23.0. The third-order valence-corrected chi connectivity index (χ3v) is 5.81. The minimum Gasteiger partial charge on any atom is -0.458 e. The van der Waals surface area contributed by atoms with Gasteiger partial charge in [0.1, 0.15) is 11.6 Å². The van der Waals surface area contributed by atoms with Crippen molar-refractivity contribution in [3.63, 3.8) is 0 Å². The summed E-state index contributed by atoms with van der Waals surface area (Å²) in [5.74, 6) is -1.22. The summed E-state index contributed by atoms with van der Waals surface area (Å²) in [5.41, 5.74) is 8.78. The summed E-state index contributed by atoms with van der Waals surface area (Å²) in [6, 6.07) is 12.4. The van der Waals surface area contributed by atoms with Gasteiger partial charge < -0.3 is 15.8 Å². The van der Waals surface area contributed by atoms with Crippen LogP contribution in [0.3, 0.4) is 0 Å². The van der Waals surface area contributed by atoms with Crippen molar-refractivity contribution in [2.75, 3.05) is 4.90 Å². The number of aryl methyl sites for hydroxylation is 1. The molecule has 2 aliphatic heterocycles. The Morgan fingerprint density at radius 1 is 1.09 bits per heavy atom. The number of ether oxygens (including phenoxy) is 1. The summed E-state index contributed by atoms with van der Waals surface area (Å²) in [6.07, 6.45) is 1.60. The number of benzene rings is 2. The summed E-state index contributed by atoms with van der Waals surface area (Å²) in [5, 5.41) is 2.85. The molecule has 2 aromatic carbocycles. The fourth-order valence-electron chi connectivity index (χ4n) is 4.39. The lowest BCUT2D eigenvalue weighted by atomic mass is 10.0. The predicted octanol–water partition coefficient (Wildman–Crippen LogP) is 2.42. The topological polar surface area (TPSA) is 102 Å². The molecule has 2 aromatic rings. The van der Waals surface area contributed by atoms with Gasteiger partial charge >= 0.3 is 5.97 Å². The van der Waals surface area contributed by atoms with Gasteiger partial charge in [-0.25, -0.2) is 4.79 Å². The summed E-state index contributed by atoms with van der Waals surface area (Å²) in [7, 11) is 0. The van der Waals surface area contributed by atoms with E-state index in [0.29, 0.717) is 24.8 Å². The summed E-state index contributed by atoms with van der Waals surface area (Å²) in [4.78, 5) is 41.1.